The molecule has 1 rings (SSSR count). The Hall–Kier alpha value is -1.43. The molecule has 0 aliphatic carbocycles. The van der Waals surface area contributed by atoms with Gasteiger partial charge in [-0.25, -0.2) is 9.48 Å². The second-order valence-corrected chi connectivity index (χ2v) is 4.87. The average Bonchev–Trinajstić information content (AvgIpc) is 2.72. The molecule has 1 aromatic heterocycles. The smallest absolute Gasteiger partial charge is 0.358 e. The standard InChI is InChI=1S/C12H21N3O3/c1-5-12(18,6-2)7-15-10(8(3)4)9(11(16)17)13-14-15/h8,18H,5-7H2,1-4H3,(H,16,17). The largest absolute Gasteiger partial charge is 0.476 e. The zero-order chi connectivity index (χ0) is 13.9. The zero-order valence-corrected chi connectivity index (χ0v) is 11.3. The summed E-state index contributed by atoms with van der Waals surface area (Å²) in [6.07, 6.45) is 1.17. The van der Waals surface area contributed by atoms with Crippen molar-refractivity contribution in [1.29, 1.82) is 0 Å². The van der Waals surface area contributed by atoms with Crippen LogP contribution in [-0.4, -0.2) is 36.8 Å². The van der Waals surface area contributed by atoms with Crippen LogP contribution < -0.4 is 0 Å². The van der Waals surface area contributed by atoms with Crippen molar-refractivity contribution < 1.29 is 15.0 Å². The molecule has 0 bridgehead atoms. The average molecular weight is 255 g/mol. The minimum absolute atomic E-state index is 0.0101. The minimum Gasteiger partial charge on any atom is -0.476 e. The molecule has 102 valence electrons. The van der Waals surface area contributed by atoms with Crippen LogP contribution in [-0.2, 0) is 6.54 Å². The van der Waals surface area contributed by atoms with Gasteiger partial charge in [0, 0.05) is 0 Å². The predicted molar refractivity (Wildman–Crippen MR) is 66.6 cm³/mol. The Balaban J connectivity index is 3.14. The predicted octanol–water partition coefficient (Wildman–Crippen LogP) is 1.65. The third-order valence-electron chi connectivity index (χ3n) is 3.28. The zero-order valence-electron chi connectivity index (χ0n) is 11.3. The number of rotatable bonds is 6. The Kier molecular flexibility index (Phi) is 4.45. The number of hydrogen-bond donors (Lipinski definition) is 2. The number of carbonyl (C=O) groups is 1. The summed E-state index contributed by atoms with van der Waals surface area (Å²) in [5.41, 5.74) is -0.338. The van der Waals surface area contributed by atoms with Crippen LogP contribution in [0.1, 0.15) is 62.6 Å². The second kappa shape index (κ2) is 5.48. The summed E-state index contributed by atoms with van der Waals surface area (Å²) < 4.78 is 1.52. The van der Waals surface area contributed by atoms with E-state index in [1.54, 1.807) is 0 Å². The quantitative estimate of drug-likeness (QED) is 0.807. The Bertz CT molecular complexity index is 422. The molecular formula is C12H21N3O3. The van der Waals surface area contributed by atoms with Gasteiger partial charge in [0.15, 0.2) is 5.69 Å². The molecule has 18 heavy (non-hydrogen) atoms. The van der Waals surface area contributed by atoms with E-state index in [9.17, 15) is 9.90 Å². The van der Waals surface area contributed by atoms with E-state index in [1.807, 2.05) is 27.7 Å². The molecular weight excluding hydrogens is 234 g/mol. The van der Waals surface area contributed by atoms with Crippen molar-refractivity contribution in [2.24, 2.45) is 0 Å². The maximum Gasteiger partial charge on any atom is 0.358 e. The first kappa shape index (κ1) is 14.6. The molecule has 2 N–H and O–H groups in total. The van der Waals surface area contributed by atoms with E-state index in [4.69, 9.17) is 5.11 Å². The molecule has 0 amide bonds. The van der Waals surface area contributed by atoms with Crippen molar-refractivity contribution in [2.75, 3.05) is 0 Å². The first-order valence-electron chi connectivity index (χ1n) is 6.23. The van der Waals surface area contributed by atoms with Crippen molar-refractivity contribution >= 4 is 5.97 Å². The van der Waals surface area contributed by atoms with E-state index in [2.05, 4.69) is 10.3 Å². The SMILES string of the molecule is CCC(O)(CC)Cn1nnc(C(=O)O)c1C(C)C. The van der Waals surface area contributed by atoms with Crippen LogP contribution in [0, 0.1) is 0 Å². The van der Waals surface area contributed by atoms with E-state index >= 15 is 0 Å². The summed E-state index contributed by atoms with van der Waals surface area (Å²) in [6, 6.07) is 0. The lowest BCUT2D eigenvalue weighted by molar-refractivity contribution is 0.0104. The topological polar surface area (TPSA) is 88.2 Å². The third-order valence-corrected chi connectivity index (χ3v) is 3.28. The maximum atomic E-state index is 11.1. The highest BCUT2D eigenvalue weighted by atomic mass is 16.4. The van der Waals surface area contributed by atoms with Gasteiger partial charge in [0.2, 0.25) is 0 Å². The van der Waals surface area contributed by atoms with Crippen LogP contribution in [0.15, 0.2) is 0 Å². The molecule has 0 spiro atoms. The molecule has 0 saturated heterocycles. The molecule has 0 atom stereocenters. The van der Waals surface area contributed by atoms with Gasteiger partial charge in [-0.15, -0.1) is 5.10 Å². The summed E-state index contributed by atoms with van der Waals surface area (Å²) in [5.74, 6) is -1.09. The Labute approximate surface area is 107 Å². The molecule has 0 fully saturated rings. The van der Waals surface area contributed by atoms with E-state index in [1.165, 1.54) is 4.68 Å². The molecule has 6 nitrogen and oxygen atoms in total. The molecule has 1 aromatic rings. The summed E-state index contributed by atoms with van der Waals surface area (Å²) in [6.45, 7) is 7.84. The lowest BCUT2D eigenvalue weighted by Crippen LogP contribution is -2.34. The van der Waals surface area contributed by atoms with E-state index in [0.29, 0.717) is 18.5 Å². The van der Waals surface area contributed by atoms with Gasteiger partial charge in [0.25, 0.3) is 0 Å². The van der Waals surface area contributed by atoms with Gasteiger partial charge >= 0.3 is 5.97 Å². The summed E-state index contributed by atoms with van der Waals surface area (Å²) in [7, 11) is 0. The molecule has 0 aliphatic heterocycles. The first-order chi connectivity index (χ1) is 8.34. The van der Waals surface area contributed by atoms with Crippen molar-refractivity contribution in [3.63, 3.8) is 0 Å². The Morgan fingerprint density at radius 3 is 2.33 bits per heavy atom. The number of carboxylic acids is 1. The van der Waals surface area contributed by atoms with Crippen molar-refractivity contribution in [3.8, 4) is 0 Å². The van der Waals surface area contributed by atoms with Crippen molar-refractivity contribution in [1.82, 2.24) is 15.0 Å². The molecule has 6 heteroatoms. The van der Waals surface area contributed by atoms with Crippen LogP contribution in [0.4, 0.5) is 0 Å². The highest BCUT2D eigenvalue weighted by Gasteiger charge is 2.28. The molecule has 0 aliphatic rings. The fourth-order valence-corrected chi connectivity index (χ4v) is 1.91. The fraction of sp³-hybridized carbons (Fsp3) is 0.750. The highest BCUT2D eigenvalue weighted by Crippen LogP contribution is 2.22. The van der Waals surface area contributed by atoms with Gasteiger partial charge in [-0.05, 0) is 18.8 Å². The number of hydrogen-bond acceptors (Lipinski definition) is 4. The van der Waals surface area contributed by atoms with Gasteiger partial charge in [-0.1, -0.05) is 32.9 Å². The molecule has 0 aromatic carbocycles. The van der Waals surface area contributed by atoms with Crippen LogP contribution in [0.3, 0.4) is 0 Å². The first-order valence-corrected chi connectivity index (χ1v) is 6.23. The normalized spacial score (nSPS) is 12.1. The van der Waals surface area contributed by atoms with Crippen LogP contribution in [0.2, 0.25) is 0 Å². The van der Waals surface area contributed by atoms with E-state index < -0.39 is 11.6 Å². The Morgan fingerprint density at radius 2 is 1.94 bits per heavy atom. The van der Waals surface area contributed by atoms with Crippen molar-refractivity contribution in [2.45, 2.75) is 58.6 Å². The Morgan fingerprint density at radius 1 is 1.39 bits per heavy atom. The van der Waals surface area contributed by atoms with E-state index in [-0.39, 0.29) is 18.2 Å². The summed E-state index contributed by atoms with van der Waals surface area (Å²) in [5, 5.41) is 26.9. The van der Waals surface area contributed by atoms with Crippen LogP contribution in [0.25, 0.3) is 0 Å². The van der Waals surface area contributed by atoms with Gasteiger partial charge in [0.1, 0.15) is 0 Å². The van der Waals surface area contributed by atoms with Crippen LogP contribution >= 0.6 is 0 Å². The molecule has 1 heterocycles. The van der Waals surface area contributed by atoms with Gasteiger partial charge in [-0.2, -0.15) is 0 Å². The van der Waals surface area contributed by atoms with E-state index in [0.717, 1.165) is 0 Å². The molecule has 0 radical (unpaired) electrons. The lowest BCUT2D eigenvalue weighted by atomic mass is 9.97. The fourth-order valence-electron chi connectivity index (χ4n) is 1.91. The van der Waals surface area contributed by atoms with Crippen molar-refractivity contribution in [3.05, 3.63) is 11.4 Å². The molecule has 0 unspecified atom stereocenters. The highest BCUT2D eigenvalue weighted by molar-refractivity contribution is 5.86. The number of aromatic nitrogens is 3. The van der Waals surface area contributed by atoms with Gasteiger partial charge in [0.05, 0.1) is 17.8 Å². The van der Waals surface area contributed by atoms with Gasteiger partial charge in [-0.3, -0.25) is 0 Å². The summed E-state index contributed by atoms with van der Waals surface area (Å²) >= 11 is 0. The monoisotopic (exact) mass is 255 g/mol. The number of nitrogens with zero attached hydrogens (tertiary/aromatic N) is 3. The second-order valence-electron chi connectivity index (χ2n) is 4.87. The third kappa shape index (κ3) is 2.87. The lowest BCUT2D eigenvalue weighted by Gasteiger charge is -2.26. The molecule has 0 saturated carbocycles. The maximum absolute atomic E-state index is 11.1. The number of carboxylic acid groups (broad SMARTS) is 1. The van der Waals surface area contributed by atoms with Crippen LogP contribution in [0.5, 0.6) is 0 Å². The minimum atomic E-state index is -1.08. The summed E-state index contributed by atoms with van der Waals surface area (Å²) in [4.78, 5) is 11.1. The number of aromatic carboxylic acids is 1. The number of aliphatic hydroxyl groups is 1. The van der Waals surface area contributed by atoms with Gasteiger partial charge < -0.3 is 10.2 Å².